The van der Waals surface area contributed by atoms with E-state index in [1.807, 2.05) is 0 Å². The fourth-order valence-electron chi connectivity index (χ4n) is 2.37. The first-order valence-electron chi connectivity index (χ1n) is 5.67. The second kappa shape index (κ2) is 3.80. The topological polar surface area (TPSA) is 30.5 Å². The third-order valence-electron chi connectivity index (χ3n) is 3.56. The lowest BCUT2D eigenvalue weighted by molar-refractivity contribution is -0.201. The highest BCUT2D eigenvalue weighted by molar-refractivity contribution is 4.95. The summed E-state index contributed by atoms with van der Waals surface area (Å²) in [5.74, 6) is 0. The maximum Gasteiger partial charge on any atom is 0.0858 e. The first-order valence-corrected chi connectivity index (χ1v) is 5.67. The average molecular weight is 199 g/mol. The summed E-state index contributed by atoms with van der Waals surface area (Å²) < 4.78 is 11.7. The van der Waals surface area contributed by atoms with Crippen LogP contribution in [-0.4, -0.2) is 37.5 Å². The van der Waals surface area contributed by atoms with E-state index in [1.54, 1.807) is 0 Å². The summed E-state index contributed by atoms with van der Waals surface area (Å²) in [5, 5.41) is 3.51. The quantitative estimate of drug-likeness (QED) is 0.691. The summed E-state index contributed by atoms with van der Waals surface area (Å²) >= 11 is 0. The highest BCUT2D eigenvalue weighted by Gasteiger charge is 2.43. The number of morpholine rings is 1. The Hall–Kier alpha value is -0.120. The molecule has 0 aliphatic carbocycles. The van der Waals surface area contributed by atoms with E-state index >= 15 is 0 Å². The van der Waals surface area contributed by atoms with E-state index in [0.717, 1.165) is 45.6 Å². The maximum absolute atomic E-state index is 6.31. The summed E-state index contributed by atoms with van der Waals surface area (Å²) in [6.45, 7) is 8.07. The molecule has 0 aromatic carbocycles. The van der Waals surface area contributed by atoms with E-state index in [1.165, 1.54) is 0 Å². The molecule has 2 heterocycles. The van der Waals surface area contributed by atoms with Crippen LogP contribution < -0.4 is 5.32 Å². The van der Waals surface area contributed by atoms with Crippen LogP contribution in [0.3, 0.4) is 0 Å². The number of hydrogen-bond donors (Lipinski definition) is 1. The van der Waals surface area contributed by atoms with Gasteiger partial charge in [0.05, 0.1) is 11.2 Å². The SMILES string of the molecule is CCC1(C)CNCC2(CCOCC2)O1. The minimum absolute atomic E-state index is 0.0234. The highest BCUT2D eigenvalue weighted by Crippen LogP contribution is 2.33. The van der Waals surface area contributed by atoms with Gasteiger partial charge < -0.3 is 14.8 Å². The molecule has 2 saturated heterocycles. The summed E-state index contributed by atoms with van der Waals surface area (Å²) in [4.78, 5) is 0. The summed E-state index contributed by atoms with van der Waals surface area (Å²) in [5.41, 5.74) is 0.0802. The van der Waals surface area contributed by atoms with Gasteiger partial charge in [0, 0.05) is 39.1 Å². The Morgan fingerprint density at radius 3 is 2.57 bits per heavy atom. The van der Waals surface area contributed by atoms with Gasteiger partial charge in [-0.05, 0) is 13.3 Å². The summed E-state index contributed by atoms with van der Waals surface area (Å²) in [7, 11) is 0. The molecular weight excluding hydrogens is 178 g/mol. The van der Waals surface area contributed by atoms with Gasteiger partial charge in [0.1, 0.15) is 0 Å². The molecule has 0 aromatic heterocycles. The lowest BCUT2D eigenvalue weighted by atomic mass is 9.88. The van der Waals surface area contributed by atoms with Crippen LogP contribution in [0.25, 0.3) is 0 Å². The van der Waals surface area contributed by atoms with Gasteiger partial charge in [-0.25, -0.2) is 0 Å². The third kappa shape index (κ3) is 1.95. The van der Waals surface area contributed by atoms with E-state index < -0.39 is 0 Å². The van der Waals surface area contributed by atoms with Gasteiger partial charge in [-0.15, -0.1) is 0 Å². The Kier molecular flexibility index (Phi) is 2.82. The average Bonchev–Trinajstić information content (AvgIpc) is 2.19. The predicted octanol–water partition coefficient (Wildman–Crippen LogP) is 1.32. The Labute approximate surface area is 86.2 Å². The van der Waals surface area contributed by atoms with E-state index in [4.69, 9.17) is 9.47 Å². The zero-order valence-corrected chi connectivity index (χ0v) is 9.27. The molecule has 0 amide bonds. The van der Waals surface area contributed by atoms with Crippen molar-refractivity contribution >= 4 is 0 Å². The minimum Gasteiger partial charge on any atom is -0.381 e. The van der Waals surface area contributed by atoms with Crippen LogP contribution in [0, 0.1) is 0 Å². The molecule has 14 heavy (non-hydrogen) atoms. The van der Waals surface area contributed by atoms with E-state index in [9.17, 15) is 0 Å². The monoisotopic (exact) mass is 199 g/mol. The van der Waals surface area contributed by atoms with Crippen LogP contribution in [0.5, 0.6) is 0 Å². The molecule has 1 unspecified atom stereocenters. The Morgan fingerprint density at radius 1 is 1.21 bits per heavy atom. The Morgan fingerprint density at radius 2 is 1.93 bits per heavy atom. The van der Waals surface area contributed by atoms with Crippen LogP contribution in [-0.2, 0) is 9.47 Å². The normalized spacial score (nSPS) is 37.3. The summed E-state index contributed by atoms with van der Waals surface area (Å²) in [6, 6.07) is 0. The Balaban J connectivity index is 2.04. The molecule has 2 rings (SSSR count). The fourth-order valence-corrected chi connectivity index (χ4v) is 2.37. The third-order valence-corrected chi connectivity index (χ3v) is 3.56. The zero-order valence-electron chi connectivity index (χ0n) is 9.27. The van der Waals surface area contributed by atoms with Crippen molar-refractivity contribution in [2.24, 2.45) is 0 Å². The number of ether oxygens (including phenoxy) is 2. The van der Waals surface area contributed by atoms with E-state index in [2.05, 4.69) is 19.2 Å². The molecule has 82 valence electrons. The van der Waals surface area contributed by atoms with Gasteiger partial charge in [-0.1, -0.05) is 6.92 Å². The first-order chi connectivity index (χ1) is 6.68. The molecule has 2 aliphatic rings. The maximum atomic E-state index is 6.31. The van der Waals surface area contributed by atoms with Crippen molar-refractivity contribution in [3.8, 4) is 0 Å². The van der Waals surface area contributed by atoms with Gasteiger partial charge in [0.15, 0.2) is 0 Å². The molecule has 1 atom stereocenters. The molecule has 2 aliphatic heterocycles. The van der Waals surface area contributed by atoms with Crippen LogP contribution in [0.2, 0.25) is 0 Å². The number of nitrogens with one attached hydrogen (secondary N) is 1. The van der Waals surface area contributed by atoms with Crippen molar-refractivity contribution in [3.63, 3.8) is 0 Å². The predicted molar refractivity (Wildman–Crippen MR) is 55.4 cm³/mol. The van der Waals surface area contributed by atoms with Gasteiger partial charge in [0.25, 0.3) is 0 Å². The largest absolute Gasteiger partial charge is 0.381 e. The molecule has 0 aromatic rings. The van der Waals surface area contributed by atoms with Gasteiger partial charge >= 0.3 is 0 Å². The lowest BCUT2D eigenvalue weighted by Crippen LogP contribution is -2.60. The molecule has 1 spiro atoms. The van der Waals surface area contributed by atoms with E-state index in [-0.39, 0.29) is 11.2 Å². The van der Waals surface area contributed by atoms with Crippen molar-refractivity contribution in [2.45, 2.75) is 44.3 Å². The van der Waals surface area contributed by atoms with Crippen molar-refractivity contribution in [2.75, 3.05) is 26.3 Å². The van der Waals surface area contributed by atoms with Crippen LogP contribution in [0.1, 0.15) is 33.1 Å². The second-order valence-corrected chi connectivity index (χ2v) is 4.80. The second-order valence-electron chi connectivity index (χ2n) is 4.80. The molecular formula is C11H21NO2. The molecule has 1 N–H and O–H groups in total. The van der Waals surface area contributed by atoms with Crippen molar-refractivity contribution in [1.29, 1.82) is 0 Å². The zero-order chi connectivity index (χ0) is 10.1. The summed E-state index contributed by atoms with van der Waals surface area (Å²) in [6.07, 6.45) is 3.15. The molecule has 0 bridgehead atoms. The van der Waals surface area contributed by atoms with Crippen molar-refractivity contribution < 1.29 is 9.47 Å². The van der Waals surface area contributed by atoms with Crippen LogP contribution >= 0.6 is 0 Å². The first kappa shape index (κ1) is 10.4. The number of rotatable bonds is 1. The molecule has 0 saturated carbocycles. The smallest absolute Gasteiger partial charge is 0.0858 e. The lowest BCUT2D eigenvalue weighted by Gasteiger charge is -2.48. The minimum atomic E-state index is 0.0234. The van der Waals surface area contributed by atoms with Crippen molar-refractivity contribution in [3.05, 3.63) is 0 Å². The molecule has 0 radical (unpaired) electrons. The number of hydrogen-bond acceptors (Lipinski definition) is 3. The van der Waals surface area contributed by atoms with Crippen LogP contribution in [0.15, 0.2) is 0 Å². The van der Waals surface area contributed by atoms with E-state index in [0.29, 0.717) is 0 Å². The molecule has 3 heteroatoms. The molecule has 2 fully saturated rings. The highest BCUT2D eigenvalue weighted by atomic mass is 16.5. The Bertz CT molecular complexity index is 196. The van der Waals surface area contributed by atoms with Gasteiger partial charge in [0.2, 0.25) is 0 Å². The van der Waals surface area contributed by atoms with Gasteiger partial charge in [-0.2, -0.15) is 0 Å². The van der Waals surface area contributed by atoms with Gasteiger partial charge in [-0.3, -0.25) is 0 Å². The van der Waals surface area contributed by atoms with Crippen molar-refractivity contribution in [1.82, 2.24) is 5.32 Å². The van der Waals surface area contributed by atoms with Crippen LogP contribution in [0.4, 0.5) is 0 Å². The standard InChI is InChI=1S/C11H21NO2/c1-3-10(2)8-12-9-11(14-10)4-6-13-7-5-11/h12H,3-9H2,1-2H3. The fraction of sp³-hybridized carbons (Fsp3) is 1.00. The molecule has 3 nitrogen and oxygen atoms in total.